The lowest BCUT2D eigenvalue weighted by Gasteiger charge is -2.33. The highest BCUT2D eigenvalue weighted by molar-refractivity contribution is 6.82. The van der Waals surface area contributed by atoms with Gasteiger partial charge >= 0.3 is 0 Å². The first-order chi connectivity index (χ1) is 9.68. The molecule has 1 heteroatoms. The van der Waals surface area contributed by atoms with Gasteiger partial charge in [-0.25, -0.2) is 0 Å². The van der Waals surface area contributed by atoms with Crippen molar-refractivity contribution in [1.29, 1.82) is 0 Å². The minimum atomic E-state index is -1.45. The summed E-state index contributed by atoms with van der Waals surface area (Å²) in [6.07, 6.45) is 11.5. The van der Waals surface area contributed by atoms with E-state index in [0.29, 0.717) is 5.41 Å². The Morgan fingerprint density at radius 1 is 1.29 bits per heavy atom. The van der Waals surface area contributed by atoms with Gasteiger partial charge in [-0.1, -0.05) is 56.9 Å². The predicted molar refractivity (Wildman–Crippen MR) is 100 cm³/mol. The van der Waals surface area contributed by atoms with Crippen LogP contribution in [0, 0.1) is 5.41 Å². The summed E-state index contributed by atoms with van der Waals surface area (Å²) in [5.41, 5.74) is 5.01. The molecule has 120 valence electrons. The second-order valence-corrected chi connectivity index (χ2v) is 14.1. The lowest BCUT2D eigenvalue weighted by atomic mass is 9.72. The van der Waals surface area contributed by atoms with Crippen LogP contribution in [-0.2, 0) is 0 Å². The molecule has 0 aromatic carbocycles. The van der Waals surface area contributed by atoms with Gasteiger partial charge < -0.3 is 0 Å². The summed E-state index contributed by atoms with van der Waals surface area (Å²) in [5, 5.41) is 1.45. The van der Waals surface area contributed by atoms with Gasteiger partial charge in [0.05, 0.1) is 0 Å². The first-order valence-corrected chi connectivity index (χ1v) is 12.8. The van der Waals surface area contributed by atoms with Crippen molar-refractivity contribution >= 4 is 13.1 Å². The molecule has 0 saturated carbocycles. The van der Waals surface area contributed by atoms with E-state index in [4.69, 9.17) is 0 Å². The highest BCUT2D eigenvalue weighted by Crippen LogP contribution is 2.40. The van der Waals surface area contributed by atoms with Crippen molar-refractivity contribution in [2.75, 3.05) is 0 Å². The molecule has 0 amide bonds. The van der Waals surface area contributed by atoms with Crippen LogP contribution in [0.25, 0.3) is 0 Å². The highest BCUT2D eigenvalue weighted by atomic mass is 27.2. The van der Waals surface area contributed by atoms with Crippen LogP contribution in [0.4, 0.5) is 0 Å². The fourth-order valence-electron chi connectivity index (χ4n) is 3.81. The van der Waals surface area contributed by atoms with Gasteiger partial charge in [0.25, 0.3) is 0 Å². The van der Waals surface area contributed by atoms with E-state index in [2.05, 4.69) is 63.3 Å². The SMILES string of the molecule is CCC[CH2][Al-]([CH3])([CH3])/[CH]=C(C)/C=C/C1=C(C)CCCC1(C)C. The number of allylic oxidation sites excluding steroid dienone is 5. The maximum atomic E-state index is 2.62. The molecule has 0 spiro atoms. The fraction of sp³-hybridized carbons (Fsp3) is 0.700. The standard InChI is InChI=1S/C14H21.C4H9.2CH3.Al/c1-11(2)8-9-13-12(3)7-6-10-14(13,4)5;1-3-4-2;;;/h1,8-9H,6-7,10H2,2-5H3;1,3-4H2,2H3;2*1H3;/q;;;;-1/b9-8+,11-1?;;;;. The molecule has 0 heterocycles. The van der Waals surface area contributed by atoms with Crippen LogP contribution in [0.5, 0.6) is 0 Å². The van der Waals surface area contributed by atoms with E-state index < -0.39 is 13.1 Å². The monoisotopic (exact) mass is 303 g/mol. The van der Waals surface area contributed by atoms with Crippen LogP contribution >= 0.6 is 0 Å². The Hall–Kier alpha value is -0.248. The third-order valence-electron chi connectivity index (χ3n) is 5.07. The maximum Gasteiger partial charge on any atom is 0.153 e. The van der Waals surface area contributed by atoms with E-state index in [0.717, 1.165) is 0 Å². The quantitative estimate of drug-likeness (QED) is 0.364. The Labute approximate surface area is 136 Å². The normalized spacial score (nSPS) is 20.4. The number of hydrogen-bond acceptors (Lipinski definition) is 0. The summed E-state index contributed by atoms with van der Waals surface area (Å²) >= 11 is -1.45. The van der Waals surface area contributed by atoms with Crippen LogP contribution in [0.1, 0.15) is 66.7 Å². The summed E-state index contributed by atoms with van der Waals surface area (Å²) in [7, 11) is 0. The Bertz CT molecular complexity index is 433. The van der Waals surface area contributed by atoms with E-state index >= 15 is 0 Å². The molecule has 0 nitrogen and oxygen atoms in total. The van der Waals surface area contributed by atoms with Gasteiger partial charge in [0.2, 0.25) is 0 Å². The summed E-state index contributed by atoms with van der Waals surface area (Å²) in [6.45, 7) is 11.7. The average molecular weight is 303 g/mol. The topological polar surface area (TPSA) is 0 Å². The molecule has 21 heavy (non-hydrogen) atoms. The zero-order valence-corrected chi connectivity index (χ0v) is 16.7. The average Bonchev–Trinajstić information content (AvgIpc) is 2.34. The van der Waals surface area contributed by atoms with Crippen molar-refractivity contribution in [1.82, 2.24) is 0 Å². The minimum absolute atomic E-state index is 0.358. The van der Waals surface area contributed by atoms with Crippen molar-refractivity contribution in [3.63, 3.8) is 0 Å². The van der Waals surface area contributed by atoms with Crippen molar-refractivity contribution in [3.8, 4) is 0 Å². The fourth-order valence-corrected chi connectivity index (χ4v) is 6.97. The second kappa shape index (κ2) is 7.85. The summed E-state index contributed by atoms with van der Waals surface area (Å²) < 4.78 is 0. The largest absolute Gasteiger partial charge is 0.265 e. The molecule has 1 aliphatic carbocycles. The highest BCUT2D eigenvalue weighted by Gasteiger charge is 2.26. The van der Waals surface area contributed by atoms with Crippen molar-refractivity contribution in [3.05, 3.63) is 33.8 Å². The zero-order chi connectivity index (χ0) is 16.1. The molecule has 0 aliphatic heterocycles. The summed E-state index contributed by atoms with van der Waals surface area (Å²) in [6, 6.07) is 0. The molecule has 0 radical (unpaired) electrons. The van der Waals surface area contributed by atoms with Crippen molar-refractivity contribution in [2.45, 2.75) is 83.6 Å². The molecule has 0 N–H and O–H groups in total. The molecule has 0 fully saturated rings. The lowest BCUT2D eigenvalue weighted by Crippen LogP contribution is -2.22. The molecule has 0 saturated heterocycles. The third-order valence-corrected chi connectivity index (χ3v) is 8.40. The van der Waals surface area contributed by atoms with E-state index in [1.165, 1.54) is 43.0 Å². The van der Waals surface area contributed by atoms with Gasteiger partial charge in [0.15, 0.2) is 13.1 Å². The molecule has 1 aliphatic rings. The van der Waals surface area contributed by atoms with Gasteiger partial charge in [-0.2, -0.15) is 16.9 Å². The maximum absolute atomic E-state index is 2.62. The predicted octanol–water partition coefficient (Wildman–Crippen LogP) is 7.06. The molecule has 1 rings (SSSR count). The number of unbranched alkanes of at least 4 members (excludes halogenated alkanes) is 1. The zero-order valence-electron chi connectivity index (χ0n) is 15.6. The Morgan fingerprint density at radius 3 is 2.52 bits per heavy atom. The Morgan fingerprint density at radius 2 is 1.95 bits per heavy atom. The van der Waals surface area contributed by atoms with Crippen LogP contribution in [0.15, 0.2) is 33.8 Å². The van der Waals surface area contributed by atoms with Gasteiger partial charge in [-0.15, -0.1) is 0 Å². The van der Waals surface area contributed by atoms with E-state index in [1.807, 2.05) is 0 Å². The Kier molecular flexibility index (Phi) is 7.02. The van der Waals surface area contributed by atoms with Gasteiger partial charge in [0, 0.05) is 0 Å². The minimum Gasteiger partial charge on any atom is -0.265 e. The van der Waals surface area contributed by atoms with Gasteiger partial charge in [-0.05, 0) is 44.1 Å². The van der Waals surface area contributed by atoms with E-state index in [1.54, 1.807) is 11.1 Å². The van der Waals surface area contributed by atoms with Crippen LogP contribution < -0.4 is 0 Å². The van der Waals surface area contributed by atoms with Crippen LogP contribution in [-0.4, -0.2) is 13.1 Å². The molecule has 0 atom stereocenters. The second-order valence-electron chi connectivity index (χ2n) is 8.61. The van der Waals surface area contributed by atoms with Crippen molar-refractivity contribution in [2.24, 2.45) is 5.41 Å². The van der Waals surface area contributed by atoms with E-state index in [9.17, 15) is 0 Å². The third kappa shape index (κ3) is 6.17. The number of rotatable bonds is 6. The van der Waals surface area contributed by atoms with Gasteiger partial charge in [-0.3, -0.25) is 4.94 Å². The number of hydrogen-bond donors (Lipinski definition) is 0. The molecular formula is C20H36Al-. The van der Waals surface area contributed by atoms with E-state index in [-0.39, 0.29) is 0 Å². The molecular weight excluding hydrogens is 267 g/mol. The molecule has 0 bridgehead atoms. The Balaban J connectivity index is 2.84. The first-order valence-electron chi connectivity index (χ1n) is 9.01. The smallest absolute Gasteiger partial charge is 0.153 e. The lowest BCUT2D eigenvalue weighted by molar-refractivity contribution is 0.377. The van der Waals surface area contributed by atoms with Crippen LogP contribution in [0.3, 0.4) is 0 Å². The first kappa shape index (κ1) is 18.8. The summed E-state index contributed by atoms with van der Waals surface area (Å²) in [5.74, 6) is 5.05. The molecule has 0 aromatic heterocycles. The molecule has 0 unspecified atom stereocenters. The van der Waals surface area contributed by atoms with Gasteiger partial charge in [0.1, 0.15) is 0 Å². The summed E-state index contributed by atoms with van der Waals surface area (Å²) in [4.78, 5) is 2.62. The molecule has 0 aromatic rings. The van der Waals surface area contributed by atoms with Crippen LogP contribution in [0.2, 0.25) is 16.9 Å². The van der Waals surface area contributed by atoms with Crippen molar-refractivity contribution < 1.29 is 0 Å².